The normalized spacial score (nSPS) is 10.8. The molecule has 3 amide bonds. The van der Waals surface area contributed by atoms with E-state index in [2.05, 4.69) is 25.9 Å². The lowest BCUT2D eigenvalue weighted by Gasteiger charge is -2.09. The second-order valence-corrected chi connectivity index (χ2v) is 8.16. The van der Waals surface area contributed by atoms with E-state index >= 15 is 0 Å². The number of pyridine rings is 1. The summed E-state index contributed by atoms with van der Waals surface area (Å²) in [5, 5.41) is 14.2. The summed E-state index contributed by atoms with van der Waals surface area (Å²) < 4.78 is 1.65. The fourth-order valence-corrected chi connectivity index (χ4v) is 4.03. The number of carbonyl (C=O) groups excluding carboxylic acids is 2. The second kappa shape index (κ2) is 10.1. The van der Waals surface area contributed by atoms with E-state index in [1.165, 1.54) is 0 Å². The zero-order chi connectivity index (χ0) is 24.9. The van der Waals surface area contributed by atoms with Gasteiger partial charge in [-0.1, -0.05) is 30.3 Å². The third-order valence-electron chi connectivity index (χ3n) is 5.64. The maximum Gasteiger partial charge on any atom is 0.323 e. The third kappa shape index (κ3) is 4.95. The molecule has 0 aliphatic heterocycles. The van der Waals surface area contributed by atoms with Gasteiger partial charge in [-0.3, -0.25) is 9.48 Å². The Hall–Kier alpha value is -4.92. The van der Waals surface area contributed by atoms with Crippen molar-refractivity contribution in [1.82, 2.24) is 25.1 Å². The van der Waals surface area contributed by atoms with Gasteiger partial charge in [0.2, 0.25) is 5.91 Å². The number of aromatic nitrogens is 4. The molecule has 0 aliphatic carbocycles. The highest BCUT2D eigenvalue weighted by atomic mass is 16.2. The predicted octanol–water partition coefficient (Wildman–Crippen LogP) is 4.87. The molecule has 3 aromatic heterocycles. The van der Waals surface area contributed by atoms with Crippen molar-refractivity contribution in [2.75, 3.05) is 17.2 Å². The Morgan fingerprint density at radius 3 is 2.42 bits per heavy atom. The predicted molar refractivity (Wildman–Crippen MR) is 141 cm³/mol. The van der Waals surface area contributed by atoms with Gasteiger partial charge in [-0.15, -0.1) is 0 Å². The summed E-state index contributed by atoms with van der Waals surface area (Å²) in [6, 6.07) is 20.3. The lowest BCUT2D eigenvalue weighted by molar-refractivity contribution is -0.121. The summed E-state index contributed by atoms with van der Waals surface area (Å²) >= 11 is 0. The lowest BCUT2D eigenvalue weighted by Crippen LogP contribution is -2.27. The molecule has 0 saturated heterocycles. The fraction of sp³-hybridized carbons (Fsp3) is 0.111. The van der Waals surface area contributed by atoms with E-state index in [1.54, 1.807) is 10.9 Å². The first kappa shape index (κ1) is 22.9. The van der Waals surface area contributed by atoms with Gasteiger partial charge < -0.3 is 20.9 Å². The number of H-pyrrole nitrogens is 1. The molecule has 5 rings (SSSR count). The molecule has 0 fully saturated rings. The second-order valence-electron chi connectivity index (χ2n) is 8.16. The zero-order valence-electron chi connectivity index (χ0n) is 19.7. The molecule has 4 N–H and O–H groups in total. The van der Waals surface area contributed by atoms with Gasteiger partial charge >= 0.3 is 6.03 Å². The molecule has 180 valence electrons. The summed E-state index contributed by atoms with van der Waals surface area (Å²) in [5.41, 5.74) is 5.56. The molecular formula is C27H25N7O2. The first-order valence-electron chi connectivity index (χ1n) is 11.6. The Morgan fingerprint density at radius 1 is 0.917 bits per heavy atom. The molecule has 0 aliphatic rings. The Kier molecular flexibility index (Phi) is 6.44. The Balaban J connectivity index is 1.44. The van der Waals surface area contributed by atoms with E-state index < -0.39 is 0 Å². The minimum atomic E-state index is -0.326. The molecule has 0 atom stereocenters. The van der Waals surface area contributed by atoms with Crippen LogP contribution in [0.15, 0.2) is 85.3 Å². The van der Waals surface area contributed by atoms with Gasteiger partial charge in [-0.05, 0) is 48.9 Å². The number of anilines is 2. The smallest absolute Gasteiger partial charge is 0.323 e. The molecular weight excluding hydrogens is 454 g/mol. The molecule has 2 aromatic carbocycles. The maximum atomic E-state index is 12.3. The van der Waals surface area contributed by atoms with Crippen LogP contribution in [0.5, 0.6) is 0 Å². The van der Waals surface area contributed by atoms with Gasteiger partial charge in [0.05, 0.1) is 0 Å². The number of rotatable bonds is 7. The van der Waals surface area contributed by atoms with Crippen LogP contribution in [-0.2, 0) is 11.3 Å². The summed E-state index contributed by atoms with van der Waals surface area (Å²) in [5.74, 6) is -0.108. The van der Waals surface area contributed by atoms with Crippen LogP contribution >= 0.6 is 0 Å². The van der Waals surface area contributed by atoms with E-state index in [9.17, 15) is 9.59 Å². The van der Waals surface area contributed by atoms with E-state index in [0.717, 1.165) is 33.4 Å². The SMILES string of the molecule is CCNC(=O)Cn1cc(-c2ccnc3[nH]ccc23)c(-c2ccc(NC(=O)Nc3ccccc3)cc2)n1. The highest BCUT2D eigenvalue weighted by Gasteiger charge is 2.17. The summed E-state index contributed by atoms with van der Waals surface area (Å²) in [6.07, 6.45) is 5.48. The Morgan fingerprint density at radius 2 is 1.67 bits per heavy atom. The van der Waals surface area contributed by atoms with Gasteiger partial charge in [0.15, 0.2) is 0 Å². The van der Waals surface area contributed by atoms with Crippen molar-refractivity contribution in [2.45, 2.75) is 13.5 Å². The first-order valence-corrected chi connectivity index (χ1v) is 11.6. The number of nitrogens with zero attached hydrogens (tertiary/aromatic N) is 3. The number of benzene rings is 2. The number of urea groups is 1. The average molecular weight is 480 g/mol. The molecule has 0 spiro atoms. The van der Waals surface area contributed by atoms with Crippen molar-refractivity contribution in [3.05, 3.63) is 85.3 Å². The van der Waals surface area contributed by atoms with Gasteiger partial charge in [-0.25, -0.2) is 9.78 Å². The molecule has 36 heavy (non-hydrogen) atoms. The standard InChI is InChI=1S/C27H25N7O2/c1-2-28-24(35)17-34-16-23(21-12-14-29-26-22(21)13-15-30-26)25(33-34)18-8-10-20(11-9-18)32-27(36)31-19-6-4-3-5-7-19/h3-16H,2,17H2,1H3,(H,28,35)(H,29,30)(H2,31,32,36). The van der Waals surface area contributed by atoms with Gasteiger partial charge in [-0.2, -0.15) is 5.10 Å². The molecule has 9 heteroatoms. The quantitative estimate of drug-likeness (QED) is 0.266. The fourth-order valence-electron chi connectivity index (χ4n) is 4.03. The van der Waals surface area contributed by atoms with Crippen LogP contribution in [-0.4, -0.2) is 38.2 Å². The van der Waals surface area contributed by atoms with Gasteiger partial charge in [0.25, 0.3) is 0 Å². The number of nitrogens with one attached hydrogen (secondary N) is 4. The van der Waals surface area contributed by atoms with Crippen molar-refractivity contribution in [2.24, 2.45) is 0 Å². The van der Waals surface area contributed by atoms with Gasteiger partial charge in [0.1, 0.15) is 17.9 Å². The highest BCUT2D eigenvalue weighted by molar-refractivity contribution is 6.00. The van der Waals surface area contributed by atoms with E-state index in [0.29, 0.717) is 17.9 Å². The van der Waals surface area contributed by atoms with E-state index in [4.69, 9.17) is 5.10 Å². The number of likely N-dealkylation sites (N-methyl/N-ethyl adjacent to an activating group) is 1. The molecule has 5 aromatic rings. The zero-order valence-corrected chi connectivity index (χ0v) is 19.7. The lowest BCUT2D eigenvalue weighted by atomic mass is 10.0. The van der Waals surface area contributed by atoms with Crippen LogP contribution < -0.4 is 16.0 Å². The van der Waals surface area contributed by atoms with Crippen LogP contribution in [0.25, 0.3) is 33.4 Å². The topological polar surface area (TPSA) is 117 Å². The van der Waals surface area contributed by atoms with Crippen LogP contribution in [0.2, 0.25) is 0 Å². The maximum absolute atomic E-state index is 12.3. The minimum absolute atomic E-state index is 0.108. The Labute approximate surface area is 207 Å². The number of amides is 3. The van der Waals surface area contributed by atoms with Crippen LogP contribution in [0.4, 0.5) is 16.2 Å². The van der Waals surface area contributed by atoms with Crippen LogP contribution in [0.3, 0.4) is 0 Å². The minimum Gasteiger partial charge on any atom is -0.355 e. The third-order valence-corrected chi connectivity index (χ3v) is 5.64. The monoisotopic (exact) mass is 479 g/mol. The molecule has 0 radical (unpaired) electrons. The number of para-hydroxylation sites is 1. The average Bonchev–Trinajstić information content (AvgIpc) is 3.52. The van der Waals surface area contributed by atoms with Crippen molar-refractivity contribution in [3.63, 3.8) is 0 Å². The Bertz CT molecular complexity index is 1500. The van der Waals surface area contributed by atoms with E-state index in [-0.39, 0.29) is 18.5 Å². The molecule has 0 bridgehead atoms. The van der Waals surface area contributed by atoms with Crippen molar-refractivity contribution in [3.8, 4) is 22.4 Å². The highest BCUT2D eigenvalue weighted by Crippen LogP contribution is 2.35. The number of hydrogen-bond donors (Lipinski definition) is 4. The van der Waals surface area contributed by atoms with Crippen LogP contribution in [0.1, 0.15) is 6.92 Å². The van der Waals surface area contributed by atoms with Crippen molar-refractivity contribution < 1.29 is 9.59 Å². The molecule has 3 heterocycles. The summed E-state index contributed by atoms with van der Waals surface area (Å²) in [6.45, 7) is 2.55. The summed E-state index contributed by atoms with van der Waals surface area (Å²) in [4.78, 5) is 32.1. The number of fused-ring (bicyclic) bond motifs is 1. The van der Waals surface area contributed by atoms with E-state index in [1.807, 2.05) is 86.0 Å². The van der Waals surface area contributed by atoms with Gasteiger partial charge in [0, 0.05) is 53.0 Å². The first-order chi connectivity index (χ1) is 17.6. The van der Waals surface area contributed by atoms with Crippen LogP contribution in [0, 0.1) is 0 Å². The summed E-state index contributed by atoms with van der Waals surface area (Å²) in [7, 11) is 0. The molecule has 9 nitrogen and oxygen atoms in total. The van der Waals surface area contributed by atoms with Crippen molar-refractivity contribution in [1.29, 1.82) is 0 Å². The van der Waals surface area contributed by atoms with Crippen molar-refractivity contribution >= 4 is 34.3 Å². The molecule has 0 unspecified atom stereocenters. The number of aromatic amines is 1. The number of carbonyl (C=O) groups is 2. The molecule has 0 saturated carbocycles. The largest absolute Gasteiger partial charge is 0.355 e. The number of hydrogen-bond acceptors (Lipinski definition) is 4.